The molecule has 1 atom stereocenters. The summed E-state index contributed by atoms with van der Waals surface area (Å²) in [5, 5.41) is 11.0. The van der Waals surface area contributed by atoms with E-state index in [2.05, 4.69) is 17.0 Å². The minimum Gasteiger partial charge on any atom is -0.493 e. The number of methoxy groups -OCH3 is 1. The van der Waals surface area contributed by atoms with Gasteiger partial charge in [-0.25, -0.2) is 0 Å². The SMILES string of the molecule is COc1cc(CN2CC[C@@](O)(c3ccccc3)C2)ccc1OC1CCCC1. The summed E-state index contributed by atoms with van der Waals surface area (Å²) in [4.78, 5) is 2.30. The van der Waals surface area contributed by atoms with Gasteiger partial charge in [0.15, 0.2) is 11.5 Å². The highest BCUT2D eigenvalue weighted by Crippen LogP contribution is 2.35. The fourth-order valence-electron chi connectivity index (χ4n) is 4.34. The molecule has 0 spiro atoms. The second-order valence-electron chi connectivity index (χ2n) is 7.87. The fourth-order valence-corrected chi connectivity index (χ4v) is 4.34. The van der Waals surface area contributed by atoms with Gasteiger partial charge in [0, 0.05) is 19.6 Å². The van der Waals surface area contributed by atoms with Crippen molar-refractivity contribution in [2.45, 2.75) is 50.4 Å². The summed E-state index contributed by atoms with van der Waals surface area (Å²) < 4.78 is 11.7. The van der Waals surface area contributed by atoms with E-state index in [0.717, 1.165) is 49.4 Å². The van der Waals surface area contributed by atoms with Crippen molar-refractivity contribution in [1.82, 2.24) is 4.90 Å². The van der Waals surface area contributed by atoms with E-state index in [0.29, 0.717) is 12.6 Å². The molecule has 0 amide bonds. The van der Waals surface area contributed by atoms with Crippen LogP contribution in [0, 0.1) is 0 Å². The van der Waals surface area contributed by atoms with Gasteiger partial charge in [-0.1, -0.05) is 36.4 Å². The van der Waals surface area contributed by atoms with E-state index >= 15 is 0 Å². The molecule has 1 saturated heterocycles. The van der Waals surface area contributed by atoms with Crippen molar-refractivity contribution in [3.8, 4) is 11.5 Å². The van der Waals surface area contributed by atoms with Crippen LogP contribution in [-0.4, -0.2) is 36.3 Å². The lowest BCUT2D eigenvalue weighted by molar-refractivity contribution is 0.0453. The zero-order chi connectivity index (χ0) is 18.7. The second kappa shape index (κ2) is 7.91. The Morgan fingerprint density at radius 2 is 1.85 bits per heavy atom. The van der Waals surface area contributed by atoms with Crippen molar-refractivity contribution in [2.75, 3.05) is 20.2 Å². The summed E-state index contributed by atoms with van der Waals surface area (Å²) in [6, 6.07) is 16.2. The van der Waals surface area contributed by atoms with Crippen LogP contribution in [0.2, 0.25) is 0 Å². The van der Waals surface area contributed by atoms with E-state index in [-0.39, 0.29) is 0 Å². The molecule has 1 saturated carbocycles. The maximum Gasteiger partial charge on any atom is 0.161 e. The Labute approximate surface area is 161 Å². The summed E-state index contributed by atoms with van der Waals surface area (Å²) in [5.41, 5.74) is 1.44. The molecule has 1 N–H and O–H groups in total. The molecule has 2 aliphatic rings. The molecule has 4 rings (SSSR count). The summed E-state index contributed by atoms with van der Waals surface area (Å²) in [5.74, 6) is 1.65. The first-order valence-corrected chi connectivity index (χ1v) is 10.0. The Morgan fingerprint density at radius 3 is 2.59 bits per heavy atom. The number of hydrogen-bond donors (Lipinski definition) is 1. The molecule has 1 aliphatic heterocycles. The molecule has 2 fully saturated rings. The van der Waals surface area contributed by atoms with Crippen molar-refractivity contribution < 1.29 is 14.6 Å². The number of ether oxygens (including phenoxy) is 2. The molecule has 2 aromatic rings. The van der Waals surface area contributed by atoms with Gasteiger partial charge >= 0.3 is 0 Å². The lowest BCUT2D eigenvalue weighted by Crippen LogP contribution is -2.30. The van der Waals surface area contributed by atoms with E-state index in [1.54, 1.807) is 7.11 Å². The quantitative estimate of drug-likeness (QED) is 0.834. The Kier molecular flexibility index (Phi) is 5.37. The number of hydrogen-bond acceptors (Lipinski definition) is 4. The van der Waals surface area contributed by atoms with Crippen LogP contribution in [0.1, 0.15) is 43.2 Å². The number of benzene rings is 2. The number of likely N-dealkylation sites (tertiary alicyclic amines) is 1. The van der Waals surface area contributed by atoms with Gasteiger partial charge in [0.05, 0.1) is 13.2 Å². The Hall–Kier alpha value is -2.04. The average Bonchev–Trinajstić information content (AvgIpc) is 3.34. The third kappa shape index (κ3) is 4.12. The molecule has 0 radical (unpaired) electrons. The monoisotopic (exact) mass is 367 g/mol. The van der Waals surface area contributed by atoms with Gasteiger partial charge in [-0.15, -0.1) is 0 Å². The lowest BCUT2D eigenvalue weighted by Gasteiger charge is -2.24. The van der Waals surface area contributed by atoms with Crippen LogP contribution in [0.25, 0.3) is 0 Å². The molecular weight excluding hydrogens is 338 g/mol. The van der Waals surface area contributed by atoms with Crippen LogP contribution in [0.15, 0.2) is 48.5 Å². The Morgan fingerprint density at radius 1 is 1.07 bits per heavy atom. The Bertz CT molecular complexity index is 757. The van der Waals surface area contributed by atoms with Gasteiger partial charge in [-0.3, -0.25) is 4.90 Å². The standard InChI is InChI=1S/C23H29NO3/c1-26-22-15-18(11-12-21(22)27-20-9-5-6-10-20)16-24-14-13-23(25,17-24)19-7-3-2-4-8-19/h2-4,7-8,11-12,15,20,25H,5-6,9-10,13-14,16-17H2,1H3/t23-/m0/s1. The van der Waals surface area contributed by atoms with Gasteiger partial charge in [-0.2, -0.15) is 0 Å². The van der Waals surface area contributed by atoms with Crippen LogP contribution in [0.5, 0.6) is 11.5 Å². The first-order valence-electron chi connectivity index (χ1n) is 10.0. The Balaban J connectivity index is 1.42. The average molecular weight is 367 g/mol. The van der Waals surface area contributed by atoms with Crippen LogP contribution >= 0.6 is 0 Å². The predicted molar refractivity (Wildman–Crippen MR) is 106 cm³/mol. The topological polar surface area (TPSA) is 41.9 Å². The largest absolute Gasteiger partial charge is 0.493 e. The second-order valence-corrected chi connectivity index (χ2v) is 7.87. The number of rotatable bonds is 6. The highest BCUT2D eigenvalue weighted by atomic mass is 16.5. The van der Waals surface area contributed by atoms with Crippen LogP contribution in [0.3, 0.4) is 0 Å². The van der Waals surface area contributed by atoms with Gasteiger partial charge in [-0.05, 0) is 55.4 Å². The first-order chi connectivity index (χ1) is 13.2. The predicted octanol–water partition coefficient (Wildman–Crippen LogP) is 4.11. The molecule has 1 aliphatic carbocycles. The zero-order valence-electron chi connectivity index (χ0n) is 16.1. The van der Waals surface area contributed by atoms with Crippen molar-refractivity contribution in [3.63, 3.8) is 0 Å². The molecule has 1 heterocycles. The summed E-state index contributed by atoms with van der Waals surface area (Å²) in [6.45, 7) is 2.34. The molecule has 27 heavy (non-hydrogen) atoms. The maximum atomic E-state index is 11.0. The van der Waals surface area contributed by atoms with E-state index in [1.807, 2.05) is 36.4 Å². The number of aliphatic hydroxyl groups is 1. The van der Waals surface area contributed by atoms with Gasteiger partial charge < -0.3 is 14.6 Å². The van der Waals surface area contributed by atoms with E-state index in [4.69, 9.17) is 9.47 Å². The molecule has 2 aromatic carbocycles. The van der Waals surface area contributed by atoms with Crippen LogP contribution in [-0.2, 0) is 12.1 Å². The van der Waals surface area contributed by atoms with Gasteiger partial charge in [0.25, 0.3) is 0 Å². The molecular formula is C23H29NO3. The van der Waals surface area contributed by atoms with Crippen LogP contribution in [0.4, 0.5) is 0 Å². The van der Waals surface area contributed by atoms with E-state index in [1.165, 1.54) is 18.4 Å². The minimum atomic E-state index is -0.753. The normalized spacial score (nSPS) is 23.6. The molecule has 0 bridgehead atoms. The van der Waals surface area contributed by atoms with E-state index < -0.39 is 5.60 Å². The number of nitrogens with zero attached hydrogens (tertiary/aromatic N) is 1. The molecule has 4 heteroatoms. The zero-order valence-corrected chi connectivity index (χ0v) is 16.1. The third-order valence-electron chi connectivity index (χ3n) is 5.87. The van der Waals surface area contributed by atoms with Crippen LogP contribution < -0.4 is 9.47 Å². The van der Waals surface area contributed by atoms with Gasteiger partial charge in [0.1, 0.15) is 5.60 Å². The van der Waals surface area contributed by atoms with Crippen molar-refractivity contribution in [1.29, 1.82) is 0 Å². The lowest BCUT2D eigenvalue weighted by atomic mass is 9.93. The first kappa shape index (κ1) is 18.3. The van der Waals surface area contributed by atoms with Crippen molar-refractivity contribution >= 4 is 0 Å². The third-order valence-corrected chi connectivity index (χ3v) is 5.87. The molecule has 4 nitrogen and oxygen atoms in total. The smallest absolute Gasteiger partial charge is 0.161 e. The highest BCUT2D eigenvalue weighted by Gasteiger charge is 2.37. The number of β-amino-alcohol motifs (C(OH)–C–C–N with tert-alkyl or cyclic N) is 1. The van der Waals surface area contributed by atoms with Crippen molar-refractivity contribution in [3.05, 3.63) is 59.7 Å². The molecule has 0 aromatic heterocycles. The van der Waals surface area contributed by atoms with Gasteiger partial charge in [0.2, 0.25) is 0 Å². The maximum absolute atomic E-state index is 11.0. The molecule has 0 unspecified atom stereocenters. The highest BCUT2D eigenvalue weighted by molar-refractivity contribution is 5.43. The van der Waals surface area contributed by atoms with Crippen molar-refractivity contribution in [2.24, 2.45) is 0 Å². The summed E-state index contributed by atoms with van der Waals surface area (Å²) >= 11 is 0. The fraction of sp³-hybridized carbons (Fsp3) is 0.478. The summed E-state index contributed by atoms with van der Waals surface area (Å²) in [7, 11) is 1.70. The summed E-state index contributed by atoms with van der Waals surface area (Å²) in [6.07, 6.45) is 5.86. The minimum absolute atomic E-state index is 0.323. The molecule has 144 valence electrons. The van der Waals surface area contributed by atoms with E-state index in [9.17, 15) is 5.11 Å².